The summed E-state index contributed by atoms with van der Waals surface area (Å²) in [6.45, 7) is 7.87. The van der Waals surface area contributed by atoms with Crippen LogP contribution in [0.2, 0.25) is 0 Å². The zero-order chi connectivity index (χ0) is 17.2. The van der Waals surface area contributed by atoms with Gasteiger partial charge in [-0.2, -0.15) is 0 Å². The molecule has 24 heavy (non-hydrogen) atoms. The summed E-state index contributed by atoms with van der Waals surface area (Å²) in [6.07, 6.45) is 9.04. The van der Waals surface area contributed by atoms with Crippen LogP contribution in [-0.4, -0.2) is 14.7 Å². The molecule has 2 aromatic rings. The van der Waals surface area contributed by atoms with Crippen LogP contribution in [0.4, 0.5) is 0 Å². The van der Waals surface area contributed by atoms with E-state index in [9.17, 15) is 5.11 Å². The second-order valence-electron chi connectivity index (χ2n) is 8.21. The minimum atomic E-state index is 0.0293. The first-order chi connectivity index (χ1) is 11.5. The van der Waals surface area contributed by atoms with Gasteiger partial charge in [-0.3, -0.25) is 0 Å². The number of aromatic nitrogens is 2. The maximum absolute atomic E-state index is 9.39. The predicted molar refractivity (Wildman–Crippen MR) is 98.9 cm³/mol. The topological polar surface area (TPSA) is 38.1 Å². The second-order valence-corrected chi connectivity index (χ2v) is 8.21. The van der Waals surface area contributed by atoms with Gasteiger partial charge >= 0.3 is 0 Å². The van der Waals surface area contributed by atoms with Crippen molar-refractivity contribution in [3.05, 3.63) is 41.9 Å². The Morgan fingerprint density at radius 1 is 1.17 bits per heavy atom. The molecule has 1 heterocycles. The summed E-state index contributed by atoms with van der Waals surface area (Å²) in [7, 11) is 0. The Kier molecular flexibility index (Phi) is 5.09. The van der Waals surface area contributed by atoms with Crippen LogP contribution >= 0.6 is 0 Å². The summed E-state index contributed by atoms with van der Waals surface area (Å²) in [5, 5.41) is 9.39. The third-order valence-corrected chi connectivity index (χ3v) is 5.03. The van der Waals surface area contributed by atoms with Gasteiger partial charge in [-0.1, -0.05) is 58.2 Å². The van der Waals surface area contributed by atoms with Crippen LogP contribution in [0.1, 0.15) is 64.3 Å². The van der Waals surface area contributed by atoms with Crippen molar-refractivity contribution in [2.24, 2.45) is 5.92 Å². The fourth-order valence-corrected chi connectivity index (χ4v) is 3.77. The van der Waals surface area contributed by atoms with E-state index in [1.807, 2.05) is 18.2 Å². The van der Waals surface area contributed by atoms with Crippen molar-refractivity contribution in [1.29, 1.82) is 0 Å². The Balaban J connectivity index is 1.93. The summed E-state index contributed by atoms with van der Waals surface area (Å²) in [6, 6.07) is 8.07. The van der Waals surface area contributed by atoms with Gasteiger partial charge in [0, 0.05) is 23.7 Å². The molecule has 1 aromatic heterocycles. The highest BCUT2D eigenvalue weighted by Gasteiger charge is 2.24. The molecule has 0 radical (unpaired) electrons. The first kappa shape index (κ1) is 17.2. The quantitative estimate of drug-likeness (QED) is 0.866. The van der Waals surface area contributed by atoms with E-state index in [2.05, 4.69) is 37.6 Å². The Morgan fingerprint density at radius 3 is 2.58 bits per heavy atom. The summed E-state index contributed by atoms with van der Waals surface area (Å²) in [5.74, 6) is 1.95. The summed E-state index contributed by atoms with van der Waals surface area (Å²) in [5.41, 5.74) is 3.08. The minimum absolute atomic E-state index is 0.0293. The van der Waals surface area contributed by atoms with Crippen molar-refractivity contribution in [3.63, 3.8) is 0 Å². The number of hydrogen-bond acceptors (Lipinski definition) is 2. The highest BCUT2D eigenvalue weighted by atomic mass is 16.3. The lowest BCUT2D eigenvalue weighted by Crippen LogP contribution is -2.22. The number of imidazole rings is 1. The molecule has 0 amide bonds. The standard InChI is InChI=1S/C21H30N2O/c1-21(2,3)20-22-19(18-11-7-10-17(12-18)15-24)14-23(20)13-16-8-5-4-6-9-16/h7,10-12,14,16,24H,4-6,8-9,13,15H2,1-3H3. The molecule has 0 saturated heterocycles. The van der Waals surface area contributed by atoms with Crippen molar-refractivity contribution >= 4 is 0 Å². The molecule has 1 aliphatic rings. The van der Waals surface area contributed by atoms with Crippen molar-refractivity contribution in [1.82, 2.24) is 9.55 Å². The molecule has 1 N–H and O–H groups in total. The molecule has 3 nitrogen and oxygen atoms in total. The van der Waals surface area contributed by atoms with Crippen molar-refractivity contribution in [2.75, 3.05) is 0 Å². The fraction of sp³-hybridized carbons (Fsp3) is 0.571. The summed E-state index contributed by atoms with van der Waals surface area (Å²) in [4.78, 5) is 4.97. The van der Waals surface area contributed by atoms with E-state index in [-0.39, 0.29) is 12.0 Å². The van der Waals surface area contributed by atoms with Gasteiger partial charge in [-0.25, -0.2) is 4.98 Å². The Hall–Kier alpha value is -1.61. The van der Waals surface area contributed by atoms with Crippen LogP contribution in [0.15, 0.2) is 30.5 Å². The lowest BCUT2D eigenvalue weighted by Gasteiger charge is -2.25. The van der Waals surface area contributed by atoms with Gasteiger partial charge in [0.1, 0.15) is 5.82 Å². The fourth-order valence-electron chi connectivity index (χ4n) is 3.77. The van der Waals surface area contributed by atoms with Gasteiger partial charge in [0.15, 0.2) is 0 Å². The van der Waals surface area contributed by atoms with E-state index in [0.29, 0.717) is 0 Å². The average Bonchev–Trinajstić information content (AvgIpc) is 3.00. The number of hydrogen-bond donors (Lipinski definition) is 1. The number of aliphatic hydroxyl groups excluding tert-OH is 1. The molecular weight excluding hydrogens is 296 g/mol. The molecule has 3 rings (SSSR count). The molecule has 0 atom stereocenters. The maximum atomic E-state index is 9.39. The SMILES string of the molecule is CC(C)(C)c1nc(-c2cccc(CO)c2)cn1CC1CCCCC1. The zero-order valence-electron chi connectivity index (χ0n) is 15.3. The molecule has 130 valence electrons. The van der Waals surface area contributed by atoms with Crippen molar-refractivity contribution < 1.29 is 5.11 Å². The molecule has 3 heteroatoms. The lowest BCUT2D eigenvalue weighted by molar-refractivity contribution is 0.282. The van der Waals surface area contributed by atoms with E-state index in [0.717, 1.165) is 35.1 Å². The van der Waals surface area contributed by atoms with Gasteiger partial charge < -0.3 is 9.67 Å². The first-order valence-electron chi connectivity index (χ1n) is 9.25. The van der Waals surface area contributed by atoms with Gasteiger partial charge in [-0.05, 0) is 30.4 Å². The molecule has 1 saturated carbocycles. The van der Waals surface area contributed by atoms with Crippen molar-refractivity contribution in [2.45, 2.75) is 71.4 Å². The van der Waals surface area contributed by atoms with Crippen LogP contribution in [-0.2, 0) is 18.6 Å². The molecule has 0 unspecified atom stereocenters. The molecule has 1 aliphatic carbocycles. The molecule has 1 fully saturated rings. The van der Waals surface area contributed by atoms with Gasteiger partial charge in [0.2, 0.25) is 0 Å². The van der Waals surface area contributed by atoms with E-state index >= 15 is 0 Å². The molecule has 1 aromatic carbocycles. The van der Waals surface area contributed by atoms with E-state index in [1.165, 1.54) is 32.1 Å². The maximum Gasteiger partial charge on any atom is 0.114 e. The first-order valence-corrected chi connectivity index (χ1v) is 9.25. The minimum Gasteiger partial charge on any atom is -0.392 e. The van der Waals surface area contributed by atoms with Gasteiger partial charge in [-0.15, -0.1) is 0 Å². The molecule has 0 bridgehead atoms. The normalized spacial score (nSPS) is 16.5. The van der Waals surface area contributed by atoms with Crippen LogP contribution in [0.25, 0.3) is 11.3 Å². The van der Waals surface area contributed by atoms with Gasteiger partial charge in [0.25, 0.3) is 0 Å². The number of rotatable bonds is 4. The molecular formula is C21H30N2O. The Labute approximate surface area is 145 Å². The van der Waals surface area contributed by atoms with Crippen molar-refractivity contribution in [3.8, 4) is 11.3 Å². The molecule has 0 aliphatic heterocycles. The smallest absolute Gasteiger partial charge is 0.114 e. The zero-order valence-corrected chi connectivity index (χ0v) is 15.3. The lowest BCUT2D eigenvalue weighted by atomic mass is 9.88. The van der Waals surface area contributed by atoms with Gasteiger partial charge in [0.05, 0.1) is 12.3 Å². The van der Waals surface area contributed by atoms with Crippen LogP contribution in [0.5, 0.6) is 0 Å². The average molecular weight is 326 g/mol. The molecule has 0 spiro atoms. The number of benzene rings is 1. The van der Waals surface area contributed by atoms with E-state index < -0.39 is 0 Å². The predicted octanol–water partition coefficient (Wildman–Crippen LogP) is 4.92. The second kappa shape index (κ2) is 7.10. The van der Waals surface area contributed by atoms with E-state index in [4.69, 9.17) is 4.98 Å². The summed E-state index contributed by atoms with van der Waals surface area (Å²) >= 11 is 0. The van der Waals surface area contributed by atoms with Crippen LogP contribution in [0, 0.1) is 5.92 Å². The number of aliphatic hydroxyl groups is 1. The highest BCUT2D eigenvalue weighted by Crippen LogP contribution is 2.30. The highest BCUT2D eigenvalue weighted by molar-refractivity contribution is 5.60. The van der Waals surface area contributed by atoms with E-state index in [1.54, 1.807) is 0 Å². The number of nitrogens with zero attached hydrogens (tertiary/aromatic N) is 2. The Bertz CT molecular complexity index is 675. The third kappa shape index (κ3) is 3.89. The Morgan fingerprint density at radius 2 is 1.92 bits per heavy atom. The largest absolute Gasteiger partial charge is 0.392 e. The summed E-state index contributed by atoms with van der Waals surface area (Å²) < 4.78 is 2.39. The van der Waals surface area contributed by atoms with Crippen LogP contribution in [0.3, 0.4) is 0 Å². The van der Waals surface area contributed by atoms with Crippen LogP contribution < -0.4 is 0 Å². The monoisotopic (exact) mass is 326 g/mol. The third-order valence-electron chi connectivity index (χ3n) is 5.03.